The molecule has 0 aliphatic rings. The van der Waals surface area contributed by atoms with E-state index in [9.17, 15) is 22.8 Å². The fourth-order valence-electron chi connectivity index (χ4n) is 3.35. The van der Waals surface area contributed by atoms with Gasteiger partial charge in [0.1, 0.15) is 0 Å². The van der Waals surface area contributed by atoms with E-state index >= 15 is 0 Å². The van der Waals surface area contributed by atoms with Crippen molar-refractivity contribution in [2.75, 3.05) is 5.32 Å². The lowest BCUT2D eigenvalue weighted by Gasteiger charge is -2.16. The second-order valence-corrected chi connectivity index (χ2v) is 8.50. The third-order valence-corrected chi connectivity index (χ3v) is 5.61. The molecule has 1 heterocycles. The maximum absolute atomic E-state index is 13.4. The summed E-state index contributed by atoms with van der Waals surface area (Å²) < 4.78 is 41.6. The maximum atomic E-state index is 13.4. The highest BCUT2D eigenvalue weighted by molar-refractivity contribution is 6.30. The number of hydrogen-bond donors (Lipinski definition) is 1. The summed E-state index contributed by atoms with van der Waals surface area (Å²) in [6.07, 6.45) is -4.56. The van der Waals surface area contributed by atoms with Crippen LogP contribution in [0.2, 0.25) is 10.0 Å². The van der Waals surface area contributed by atoms with Crippen LogP contribution in [0, 0.1) is 0 Å². The largest absolute Gasteiger partial charge is 0.416 e. The van der Waals surface area contributed by atoms with Crippen LogP contribution in [0.4, 0.5) is 24.8 Å². The first-order chi connectivity index (χ1) is 16.6. The van der Waals surface area contributed by atoms with Crippen molar-refractivity contribution in [2.45, 2.75) is 19.3 Å². The molecule has 0 aliphatic carbocycles. The number of rotatable bonds is 6. The molecule has 180 valence electrons. The van der Waals surface area contributed by atoms with Crippen molar-refractivity contribution >= 4 is 34.8 Å². The number of nitrogens with zero attached hydrogens (tertiary/aromatic N) is 3. The highest BCUT2D eigenvalue weighted by Crippen LogP contribution is 2.31. The van der Waals surface area contributed by atoms with Gasteiger partial charge in [0.05, 0.1) is 18.7 Å². The molecule has 3 aromatic carbocycles. The minimum atomic E-state index is -4.56. The number of hydrogen-bond acceptors (Lipinski definition) is 4. The van der Waals surface area contributed by atoms with Crippen LogP contribution in [-0.4, -0.2) is 14.1 Å². The van der Waals surface area contributed by atoms with Gasteiger partial charge in [-0.05, 0) is 53.6 Å². The van der Waals surface area contributed by atoms with E-state index in [-0.39, 0.29) is 24.7 Å². The first-order valence-electron chi connectivity index (χ1n) is 10.2. The maximum Gasteiger partial charge on any atom is 0.416 e. The highest BCUT2D eigenvalue weighted by atomic mass is 35.5. The molecule has 4 aromatic rings. The molecule has 0 fully saturated rings. The molecule has 0 saturated carbocycles. The Morgan fingerprint density at radius 2 is 1.34 bits per heavy atom. The topological polar surface area (TPSA) is 68.9 Å². The molecule has 0 aliphatic heterocycles. The van der Waals surface area contributed by atoms with Crippen molar-refractivity contribution < 1.29 is 13.2 Å². The first kappa shape index (κ1) is 24.6. The summed E-state index contributed by atoms with van der Waals surface area (Å²) in [7, 11) is 0. The fraction of sp³-hybridized carbons (Fsp3) is 0.125. The van der Waals surface area contributed by atoms with Crippen LogP contribution in [0.1, 0.15) is 16.7 Å². The van der Waals surface area contributed by atoms with Gasteiger partial charge < -0.3 is 5.32 Å². The predicted molar refractivity (Wildman–Crippen MR) is 129 cm³/mol. The number of aromatic nitrogens is 3. The third kappa shape index (κ3) is 5.93. The smallest absolute Gasteiger partial charge is 0.325 e. The Labute approximate surface area is 207 Å². The van der Waals surface area contributed by atoms with E-state index < -0.39 is 23.1 Å². The van der Waals surface area contributed by atoms with Gasteiger partial charge in [0, 0.05) is 15.7 Å². The summed E-state index contributed by atoms with van der Waals surface area (Å²) in [5, 5.41) is 3.69. The van der Waals surface area contributed by atoms with Crippen LogP contribution in [0.5, 0.6) is 0 Å². The number of anilines is 2. The second kappa shape index (κ2) is 9.97. The van der Waals surface area contributed by atoms with Gasteiger partial charge in [-0.2, -0.15) is 18.2 Å². The standard InChI is InChI=1S/C24H17Cl2F3N4O2/c25-18-8-4-15(5-9-18)13-32-21(30-20-3-1-2-17(12-20)24(27,28)29)31-22(34)33(23(32)35)14-16-6-10-19(26)11-7-16/h1-12H,13-14H2,(H,30,31,34). The van der Waals surface area contributed by atoms with Crippen LogP contribution in [-0.2, 0) is 19.3 Å². The molecule has 0 spiro atoms. The van der Waals surface area contributed by atoms with Gasteiger partial charge in [-0.25, -0.2) is 14.2 Å². The normalized spacial score (nSPS) is 11.5. The Balaban J connectivity index is 1.79. The second-order valence-electron chi connectivity index (χ2n) is 7.63. The van der Waals surface area contributed by atoms with E-state index in [1.807, 2.05) is 0 Å². The zero-order valence-corrected chi connectivity index (χ0v) is 19.4. The highest BCUT2D eigenvalue weighted by Gasteiger charge is 2.30. The number of nitrogens with one attached hydrogen (secondary N) is 1. The molecule has 6 nitrogen and oxygen atoms in total. The van der Waals surface area contributed by atoms with Gasteiger partial charge in [0.15, 0.2) is 0 Å². The average Bonchev–Trinajstić information content (AvgIpc) is 2.81. The van der Waals surface area contributed by atoms with E-state index in [2.05, 4.69) is 10.3 Å². The molecule has 0 bridgehead atoms. The Morgan fingerprint density at radius 3 is 1.89 bits per heavy atom. The number of alkyl halides is 3. The summed E-state index contributed by atoms with van der Waals surface area (Å²) in [5.41, 5.74) is -1.10. The molecule has 0 radical (unpaired) electrons. The molecule has 4 rings (SSSR count). The van der Waals surface area contributed by atoms with Crippen molar-refractivity contribution in [3.8, 4) is 0 Å². The molecule has 11 heteroatoms. The first-order valence-corrected chi connectivity index (χ1v) is 11.0. The minimum Gasteiger partial charge on any atom is -0.325 e. The van der Waals surface area contributed by atoms with Gasteiger partial charge in [-0.3, -0.25) is 4.57 Å². The summed E-state index contributed by atoms with van der Waals surface area (Å²) in [4.78, 5) is 30.1. The van der Waals surface area contributed by atoms with Crippen molar-refractivity contribution in [1.82, 2.24) is 14.1 Å². The van der Waals surface area contributed by atoms with Gasteiger partial charge in [0.2, 0.25) is 5.95 Å². The molecule has 35 heavy (non-hydrogen) atoms. The Hall–Kier alpha value is -3.56. The van der Waals surface area contributed by atoms with Crippen molar-refractivity contribution in [3.05, 3.63) is 121 Å². The van der Waals surface area contributed by atoms with E-state index in [1.165, 1.54) is 16.7 Å². The molecule has 0 unspecified atom stereocenters. The zero-order valence-electron chi connectivity index (χ0n) is 17.9. The monoisotopic (exact) mass is 520 g/mol. The molecular formula is C24H17Cl2F3N4O2. The van der Waals surface area contributed by atoms with Gasteiger partial charge in [-0.15, -0.1) is 0 Å². The average molecular weight is 521 g/mol. The van der Waals surface area contributed by atoms with Crippen molar-refractivity contribution in [1.29, 1.82) is 0 Å². The lowest BCUT2D eigenvalue weighted by atomic mass is 10.2. The lowest BCUT2D eigenvalue weighted by molar-refractivity contribution is -0.137. The SMILES string of the molecule is O=c1nc(Nc2cccc(C(F)(F)F)c2)n(Cc2ccc(Cl)cc2)c(=O)n1Cc1ccc(Cl)cc1. The Bertz CT molecular complexity index is 1460. The van der Waals surface area contributed by atoms with Crippen LogP contribution < -0.4 is 16.7 Å². The third-order valence-electron chi connectivity index (χ3n) is 5.10. The van der Waals surface area contributed by atoms with Crippen LogP contribution >= 0.6 is 23.2 Å². The predicted octanol–water partition coefficient (Wildman–Crippen LogP) is 5.57. The van der Waals surface area contributed by atoms with Crippen LogP contribution in [0.3, 0.4) is 0 Å². The fourth-order valence-corrected chi connectivity index (χ4v) is 3.60. The summed E-state index contributed by atoms with van der Waals surface area (Å²) in [6.45, 7) is -0.0719. The zero-order chi connectivity index (χ0) is 25.2. The summed E-state index contributed by atoms with van der Waals surface area (Å²) in [5.74, 6) is -0.193. The van der Waals surface area contributed by atoms with Crippen LogP contribution in [0.25, 0.3) is 0 Å². The van der Waals surface area contributed by atoms with E-state index in [0.717, 1.165) is 16.7 Å². The number of halogens is 5. The van der Waals surface area contributed by atoms with Gasteiger partial charge in [-0.1, -0.05) is 53.5 Å². The lowest BCUT2D eigenvalue weighted by Crippen LogP contribution is -2.43. The van der Waals surface area contributed by atoms with Crippen LogP contribution in [0.15, 0.2) is 82.4 Å². The number of benzene rings is 3. The summed E-state index contributed by atoms with van der Waals surface area (Å²) in [6, 6.07) is 17.7. The Morgan fingerprint density at radius 1 is 0.800 bits per heavy atom. The Kier molecular flexibility index (Phi) is 7.00. The molecule has 0 amide bonds. The quantitative estimate of drug-likeness (QED) is 0.360. The molecule has 1 aromatic heterocycles. The molecular weight excluding hydrogens is 504 g/mol. The van der Waals surface area contributed by atoms with E-state index in [1.54, 1.807) is 48.5 Å². The van der Waals surface area contributed by atoms with E-state index in [0.29, 0.717) is 21.2 Å². The van der Waals surface area contributed by atoms with Gasteiger partial charge >= 0.3 is 17.6 Å². The van der Waals surface area contributed by atoms with Crippen molar-refractivity contribution in [2.24, 2.45) is 0 Å². The molecule has 0 atom stereocenters. The summed E-state index contributed by atoms with van der Waals surface area (Å²) >= 11 is 11.8. The van der Waals surface area contributed by atoms with E-state index in [4.69, 9.17) is 23.2 Å². The molecule has 0 saturated heterocycles. The molecule has 1 N–H and O–H groups in total. The van der Waals surface area contributed by atoms with Gasteiger partial charge in [0.25, 0.3) is 0 Å². The van der Waals surface area contributed by atoms with Crippen molar-refractivity contribution in [3.63, 3.8) is 0 Å². The minimum absolute atomic E-state index is 0.00874.